The van der Waals surface area contributed by atoms with Gasteiger partial charge in [-0.15, -0.1) is 0 Å². The summed E-state index contributed by atoms with van der Waals surface area (Å²) in [5.74, 6) is -1.37. The molecule has 18 heavy (non-hydrogen) atoms. The number of carbonyl (C=O) groups excluding carboxylic acids is 1. The third-order valence-corrected chi connectivity index (χ3v) is 2.82. The van der Waals surface area contributed by atoms with Gasteiger partial charge in [0.2, 0.25) is 0 Å². The Morgan fingerprint density at radius 1 is 1.39 bits per heavy atom. The summed E-state index contributed by atoms with van der Waals surface area (Å²) in [6, 6.07) is 6.76. The van der Waals surface area contributed by atoms with Gasteiger partial charge in [0, 0.05) is 18.3 Å². The molecule has 5 nitrogen and oxygen atoms in total. The molecule has 5 heteroatoms. The van der Waals surface area contributed by atoms with Crippen molar-refractivity contribution in [1.82, 2.24) is 0 Å². The van der Waals surface area contributed by atoms with Gasteiger partial charge >= 0.3 is 5.97 Å². The maximum absolute atomic E-state index is 11.4. The molecule has 1 rings (SSSR count). The summed E-state index contributed by atoms with van der Waals surface area (Å²) in [5, 5.41) is 8.84. The largest absolute Gasteiger partial charge is 0.481 e. The third-order valence-electron chi connectivity index (χ3n) is 2.82. The fourth-order valence-corrected chi connectivity index (χ4v) is 2.01. The van der Waals surface area contributed by atoms with Crippen molar-refractivity contribution >= 4 is 17.6 Å². The van der Waals surface area contributed by atoms with Crippen molar-refractivity contribution in [3.8, 4) is 0 Å². The third kappa shape index (κ3) is 3.23. The SMILES string of the molecule is CCN(c1ccccc1C(N)=O)C(C)CC(=O)O. The topological polar surface area (TPSA) is 83.6 Å². The van der Waals surface area contributed by atoms with Crippen molar-refractivity contribution in [3.05, 3.63) is 29.8 Å². The Labute approximate surface area is 106 Å². The molecule has 0 bridgehead atoms. The van der Waals surface area contributed by atoms with Gasteiger partial charge in [0.15, 0.2) is 0 Å². The zero-order chi connectivity index (χ0) is 13.7. The number of primary amides is 1. The second-order valence-corrected chi connectivity index (χ2v) is 4.11. The lowest BCUT2D eigenvalue weighted by molar-refractivity contribution is -0.137. The molecule has 3 N–H and O–H groups in total. The monoisotopic (exact) mass is 250 g/mol. The average Bonchev–Trinajstić information content (AvgIpc) is 2.29. The highest BCUT2D eigenvalue weighted by molar-refractivity contribution is 5.98. The molecule has 0 aliphatic rings. The van der Waals surface area contributed by atoms with Crippen LogP contribution in [-0.4, -0.2) is 29.6 Å². The Hall–Kier alpha value is -2.04. The Morgan fingerprint density at radius 2 is 2.00 bits per heavy atom. The lowest BCUT2D eigenvalue weighted by Crippen LogP contribution is -2.36. The number of aliphatic carboxylic acids is 1. The standard InChI is InChI=1S/C13H18N2O3/c1-3-15(9(2)8-12(16)17)11-7-5-4-6-10(11)13(14)18/h4-7,9H,3,8H2,1-2H3,(H2,14,18)(H,16,17). The average molecular weight is 250 g/mol. The van der Waals surface area contributed by atoms with Crippen LogP contribution in [0.1, 0.15) is 30.6 Å². The fraction of sp³-hybridized carbons (Fsp3) is 0.385. The number of amides is 1. The van der Waals surface area contributed by atoms with Crippen LogP contribution >= 0.6 is 0 Å². The highest BCUT2D eigenvalue weighted by atomic mass is 16.4. The summed E-state index contributed by atoms with van der Waals surface area (Å²) in [4.78, 5) is 24.0. The van der Waals surface area contributed by atoms with Crippen LogP contribution in [0, 0.1) is 0 Å². The fourth-order valence-electron chi connectivity index (χ4n) is 2.01. The van der Waals surface area contributed by atoms with Crippen molar-refractivity contribution < 1.29 is 14.7 Å². The van der Waals surface area contributed by atoms with Crippen molar-refractivity contribution in [1.29, 1.82) is 0 Å². The van der Waals surface area contributed by atoms with E-state index in [1.807, 2.05) is 18.7 Å². The number of para-hydroxylation sites is 1. The molecular weight excluding hydrogens is 232 g/mol. The van der Waals surface area contributed by atoms with Crippen LogP contribution in [0.3, 0.4) is 0 Å². The minimum absolute atomic E-state index is 0.0148. The van der Waals surface area contributed by atoms with Gasteiger partial charge < -0.3 is 15.7 Å². The number of benzene rings is 1. The van der Waals surface area contributed by atoms with Crippen molar-refractivity contribution in [2.24, 2.45) is 5.73 Å². The Bertz CT molecular complexity index is 446. The van der Waals surface area contributed by atoms with E-state index in [0.29, 0.717) is 17.8 Å². The summed E-state index contributed by atoms with van der Waals surface area (Å²) in [6.45, 7) is 4.34. The van der Waals surface area contributed by atoms with E-state index in [-0.39, 0.29) is 12.5 Å². The van der Waals surface area contributed by atoms with Crippen LogP contribution in [0.25, 0.3) is 0 Å². The maximum atomic E-state index is 11.4. The summed E-state index contributed by atoms with van der Waals surface area (Å²) in [6.07, 6.45) is 0.0148. The molecule has 0 aliphatic heterocycles. The number of hydrogen-bond acceptors (Lipinski definition) is 3. The first-order valence-electron chi connectivity index (χ1n) is 5.84. The van der Waals surface area contributed by atoms with Crippen molar-refractivity contribution in [3.63, 3.8) is 0 Å². The molecule has 1 unspecified atom stereocenters. The van der Waals surface area contributed by atoms with Crippen LogP contribution in [0.15, 0.2) is 24.3 Å². The first-order valence-corrected chi connectivity index (χ1v) is 5.84. The molecule has 0 aromatic heterocycles. The van der Waals surface area contributed by atoms with Crippen LogP contribution in [0.5, 0.6) is 0 Å². The van der Waals surface area contributed by atoms with Gasteiger partial charge in [0.1, 0.15) is 0 Å². The first-order chi connectivity index (χ1) is 8.47. The number of nitrogens with zero attached hydrogens (tertiary/aromatic N) is 1. The van der Waals surface area contributed by atoms with Gasteiger partial charge in [-0.1, -0.05) is 12.1 Å². The number of carboxylic acids is 1. The van der Waals surface area contributed by atoms with E-state index in [4.69, 9.17) is 10.8 Å². The predicted molar refractivity (Wildman–Crippen MR) is 69.7 cm³/mol. The maximum Gasteiger partial charge on any atom is 0.305 e. The minimum Gasteiger partial charge on any atom is -0.481 e. The molecule has 1 aromatic carbocycles. The smallest absolute Gasteiger partial charge is 0.305 e. The second kappa shape index (κ2) is 6.05. The summed E-state index contributed by atoms with van der Waals surface area (Å²) >= 11 is 0. The summed E-state index contributed by atoms with van der Waals surface area (Å²) < 4.78 is 0. The molecule has 1 amide bonds. The number of hydrogen-bond donors (Lipinski definition) is 2. The first kappa shape index (κ1) is 14.0. The molecule has 0 saturated carbocycles. The van der Waals surface area contributed by atoms with Gasteiger partial charge in [-0.25, -0.2) is 0 Å². The van der Waals surface area contributed by atoms with Crippen molar-refractivity contribution in [2.45, 2.75) is 26.3 Å². The number of anilines is 1. The molecule has 0 spiro atoms. The van der Waals surface area contributed by atoms with E-state index in [0.717, 1.165) is 0 Å². The number of carbonyl (C=O) groups is 2. The Balaban J connectivity index is 3.08. The van der Waals surface area contributed by atoms with E-state index in [1.54, 1.807) is 24.3 Å². The van der Waals surface area contributed by atoms with Gasteiger partial charge in [-0.2, -0.15) is 0 Å². The lowest BCUT2D eigenvalue weighted by atomic mass is 10.1. The molecule has 1 atom stereocenters. The number of nitrogens with two attached hydrogens (primary N) is 1. The lowest BCUT2D eigenvalue weighted by Gasteiger charge is -2.30. The highest BCUT2D eigenvalue weighted by Gasteiger charge is 2.19. The van der Waals surface area contributed by atoms with E-state index in [2.05, 4.69) is 0 Å². The molecule has 0 fully saturated rings. The second-order valence-electron chi connectivity index (χ2n) is 4.11. The number of rotatable bonds is 6. The van der Waals surface area contributed by atoms with Crippen LogP contribution < -0.4 is 10.6 Å². The zero-order valence-corrected chi connectivity index (χ0v) is 10.6. The number of carboxylic acid groups (broad SMARTS) is 1. The molecule has 1 aromatic rings. The van der Waals surface area contributed by atoms with Crippen LogP contribution in [0.2, 0.25) is 0 Å². The van der Waals surface area contributed by atoms with Crippen molar-refractivity contribution in [2.75, 3.05) is 11.4 Å². The summed E-state index contributed by atoms with van der Waals surface area (Å²) in [7, 11) is 0. The highest BCUT2D eigenvalue weighted by Crippen LogP contribution is 2.23. The van der Waals surface area contributed by atoms with E-state index in [9.17, 15) is 9.59 Å². The Morgan fingerprint density at radius 3 is 2.50 bits per heavy atom. The van der Waals surface area contributed by atoms with E-state index in [1.165, 1.54) is 0 Å². The minimum atomic E-state index is -0.863. The van der Waals surface area contributed by atoms with Gasteiger partial charge in [-0.05, 0) is 26.0 Å². The van der Waals surface area contributed by atoms with Gasteiger partial charge in [0.25, 0.3) is 5.91 Å². The van der Waals surface area contributed by atoms with Crippen LogP contribution in [-0.2, 0) is 4.79 Å². The van der Waals surface area contributed by atoms with Crippen LogP contribution in [0.4, 0.5) is 5.69 Å². The molecule has 0 radical (unpaired) electrons. The predicted octanol–water partition coefficient (Wildman–Crippen LogP) is 1.47. The molecule has 0 aliphatic carbocycles. The van der Waals surface area contributed by atoms with Gasteiger partial charge in [0.05, 0.1) is 12.0 Å². The zero-order valence-electron chi connectivity index (χ0n) is 10.6. The quantitative estimate of drug-likeness (QED) is 0.801. The summed E-state index contributed by atoms with van der Waals surface area (Å²) in [5.41, 5.74) is 6.42. The van der Waals surface area contributed by atoms with E-state index < -0.39 is 11.9 Å². The molecule has 98 valence electrons. The Kier molecular flexibility index (Phi) is 4.71. The molecule has 0 heterocycles. The molecule has 0 saturated heterocycles. The van der Waals surface area contributed by atoms with E-state index >= 15 is 0 Å². The molecular formula is C13H18N2O3. The van der Waals surface area contributed by atoms with Gasteiger partial charge in [-0.3, -0.25) is 9.59 Å². The normalized spacial score (nSPS) is 11.9.